The van der Waals surface area contributed by atoms with Crippen molar-refractivity contribution in [1.82, 2.24) is 10.7 Å². The molecule has 0 atom stereocenters. The van der Waals surface area contributed by atoms with Crippen LogP contribution < -0.4 is 15.8 Å². The van der Waals surface area contributed by atoms with E-state index < -0.39 is 6.09 Å². The fraction of sp³-hybridized carbons (Fsp3) is 0.500. The highest BCUT2D eigenvalue weighted by Gasteiger charge is 2.27. The molecule has 1 heterocycles. The summed E-state index contributed by atoms with van der Waals surface area (Å²) in [4.78, 5) is 23.4. The SMILES string of the molecule is Cc1c(C(=O)NCCOCC2CC2)ccc2c1CNN2C(=O)O. The van der Waals surface area contributed by atoms with Crippen LogP contribution in [0.2, 0.25) is 0 Å². The topological polar surface area (TPSA) is 90.9 Å². The van der Waals surface area contributed by atoms with Crippen molar-refractivity contribution in [3.63, 3.8) is 0 Å². The van der Waals surface area contributed by atoms with Crippen molar-refractivity contribution in [3.8, 4) is 0 Å². The second-order valence-electron chi connectivity index (χ2n) is 5.96. The fourth-order valence-corrected chi connectivity index (χ4v) is 2.70. The first-order valence-electron chi connectivity index (χ1n) is 7.83. The van der Waals surface area contributed by atoms with Gasteiger partial charge in [-0.1, -0.05) is 0 Å². The molecular formula is C16H21N3O4. The predicted octanol–water partition coefficient (Wildman–Crippen LogP) is 1.65. The van der Waals surface area contributed by atoms with E-state index in [4.69, 9.17) is 9.84 Å². The highest BCUT2D eigenvalue weighted by molar-refractivity contribution is 5.98. The molecule has 1 aromatic rings. The molecule has 0 radical (unpaired) electrons. The number of nitrogens with one attached hydrogen (secondary N) is 2. The Kier molecular flexibility index (Phi) is 4.49. The van der Waals surface area contributed by atoms with Gasteiger partial charge in [0.05, 0.1) is 12.3 Å². The monoisotopic (exact) mass is 319 g/mol. The Morgan fingerprint density at radius 2 is 2.22 bits per heavy atom. The third-order valence-corrected chi connectivity index (χ3v) is 4.25. The summed E-state index contributed by atoms with van der Waals surface area (Å²) in [6.07, 6.45) is 1.44. The molecule has 23 heavy (non-hydrogen) atoms. The normalized spacial score (nSPS) is 16.3. The zero-order valence-electron chi connectivity index (χ0n) is 13.1. The smallest absolute Gasteiger partial charge is 0.426 e. The van der Waals surface area contributed by atoms with Crippen LogP contribution in [-0.2, 0) is 11.3 Å². The van der Waals surface area contributed by atoms with Crippen LogP contribution in [0.1, 0.15) is 34.3 Å². The summed E-state index contributed by atoms with van der Waals surface area (Å²) in [6.45, 7) is 4.01. The van der Waals surface area contributed by atoms with E-state index in [0.717, 1.165) is 22.7 Å². The van der Waals surface area contributed by atoms with E-state index in [1.165, 1.54) is 12.8 Å². The molecule has 7 nitrogen and oxygen atoms in total. The summed E-state index contributed by atoms with van der Waals surface area (Å²) in [7, 11) is 0. The Morgan fingerprint density at radius 1 is 1.43 bits per heavy atom. The van der Waals surface area contributed by atoms with Gasteiger partial charge < -0.3 is 15.2 Å². The average molecular weight is 319 g/mol. The number of hydrogen-bond donors (Lipinski definition) is 3. The molecule has 1 aromatic carbocycles. The van der Waals surface area contributed by atoms with Crippen LogP contribution in [-0.4, -0.2) is 36.9 Å². The van der Waals surface area contributed by atoms with E-state index in [0.29, 0.717) is 36.9 Å². The van der Waals surface area contributed by atoms with Crippen molar-refractivity contribution >= 4 is 17.7 Å². The van der Waals surface area contributed by atoms with Gasteiger partial charge in [-0.2, -0.15) is 0 Å². The van der Waals surface area contributed by atoms with Crippen LogP contribution in [0.15, 0.2) is 12.1 Å². The van der Waals surface area contributed by atoms with Gasteiger partial charge in [0.1, 0.15) is 0 Å². The number of ether oxygens (including phenoxy) is 1. The Hall–Kier alpha value is -2.12. The lowest BCUT2D eigenvalue weighted by Crippen LogP contribution is -2.36. The Balaban J connectivity index is 1.59. The van der Waals surface area contributed by atoms with Crippen molar-refractivity contribution < 1.29 is 19.4 Å². The van der Waals surface area contributed by atoms with E-state index >= 15 is 0 Å². The second-order valence-corrected chi connectivity index (χ2v) is 5.96. The number of anilines is 1. The van der Waals surface area contributed by atoms with Gasteiger partial charge in [-0.3, -0.25) is 4.79 Å². The molecule has 1 saturated carbocycles. The zero-order valence-corrected chi connectivity index (χ0v) is 13.1. The minimum Gasteiger partial charge on any atom is -0.464 e. The quantitative estimate of drug-likeness (QED) is 0.694. The molecule has 3 N–H and O–H groups in total. The first kappa shape index (κ1) is 15.8. The lowest BCUT2D eigenvalue weighted by molar-refractivity contribution is 0.0906. The molecule has 124 valence electrons. The van der Waals surface area contributed by atoms with Crippen LogP contribution in [0.3, 0.4) is 0 Å². The summed E-state index contributed by atoms with van der Waals surface area (Å²) in [5.41, 5.74) is 5.58. The second kappa shape index (κ2) is 6.55. The lowest BCUT2D eigenvalue weighted by atomic mass is 10.0. The van der Waals surface area contributed by atoms with Gasteiger partial charge in [-0.05, 0) is 48.9 Å². The van der Waals surface area contributed by atoms with E-state index in [1.807, 2.05) is 6.92 Å². The molecule has 0 saturated heterocycles. The number of benzene rings is 1. The number of nitrogens with zero attached hydrogens (tertiary/aromatic N) is 1. The number of carbonyl (C=O) groups excluding carboxylic acids is 1. The van der Waals surface area contributed by atoms with Gasteiger partial charge in [0.15, 0.2) is 0 Å². The summed E-state index contributed by atoms with van der Waals surface area (Å²) in [5, 5.41) is 13.0. The molecule has 3 rings (SSSR count). The Bertz CT molecular complexity index is 628. The van der Waals surface area contributed by atoms with E-state index in [1.54, 1.807) is 12.1 Å². The number of fused-ring (bicyclic) bond motifs is 1. The minimum atomic E-state index is -1.06. The van der Waals surface area contributed by atoms with Crippen molar-refractivity contribution in [2.24, 2.45) is 5.92 Å². The summed E-state index contributed by atoms with van der Waals surface area (Å²) in [6, 6.07) is 3.33. The van der Waals surface area contributed by atoms with Crippen LogP contribution >= 0.6 is 0 Å². The zero-order chi connectivity index (χ0) is 16.4. The third-order valence-electron chi connectivity index (χ3n) is 4.25. The van der Waals surface area contributed by atoms with Crippen LogP contribution in [0.5, 0.6) is 0 Å². The molecule has 0 aromatic heterocycles. The number of hydrazine groups is 1. The van der Waals surface area contributed by atoms with Gasteiger partial charge in [0.25, 0.3) is 5.91 Å². The van der Waals surface area contributed by atoms with Gasteiger partial charge in [-0.15, -0.1) is 0 Å². The molecule has 2 aliphatic rings. The predicted molar refractivity (Wildman–Crippen MR) is 84.4 cm³/mol. The molecular weight excluding hydrogens is 298 g/mol. The van der Waals surface area contributed by atoms with Gasteiger partial charge >= 0.3 is 6.09 Å². The molecule has 2 amide bonds. The lowest BCUT2D eigenvalue weighted by Gasteiger charge is -2.14. The number of carbonyl (C=O) groups is 2. The van der Waals surface area contributed by atoms with E-state index in [2.05, 4.69) is 10.7 Å². The van der Waals surface area contributed by atoms with Crippen LogP contribution in [0.4, 0.5) is 10.5 Å². The molecule has 1 aliphatic heterocycles. The summed E-state index contributed by atoms with van der Waals surface area (Å²) in [5.74, 6) is 0.559. The number of carboxylic acid groups (broad SMARTS) is 1. The standard InChI is InChI=1S/C16H21N3O4/c1-10-12(15(20)17-6-7-23-9-11-2-3-11)4-5-14-13(10)8-18-19(14)16(21)22/h4-5,11,18H,2-3,6-9H2,1H3,(H,17,20)(H,21,22). The third kappa shape index (κ3) is 3.46. The minimum absolute atomic E-state index is 0.158. The van der Waals surface area contributed by atoms with E-state index in [9.17, 15) is 9.59 Å². The molecule has 1 aliphatic carbocycles. The highest BCUT2D eigenvalue weighted by Crippen LogP contribution is 2.30. The summed E-state index contributed by atoms with van der Waals surface area (Å²) >= 11 is 0. The highest BCUT2D eigenvalue weighted by atomic mass is 16.5. The van der Waals surface area contributed by atoms with Gasteiger partial charge in [0.2, 0.25) is 0 Å². The Labute approximate surface area is 134 Å². The maximum absolute atomic E-state index is 12.3. The van der Waals surface area contributed by atoms with Gasteiger partial charge in [-0.25, -0.2) is 15.2 Å². The fourth-order valence-electron chi connectivity index (χ4n) is 2.70. The van der Waals surface area contributed by atoms with Crippen LogP contribution in [0, 0.1) is 12.8 Å². The molecule has 1 fully saturated rings. The van der Waals surface area contributed by atoms with Crippen molar-refractivity contribution in [2.45, 2.75) is 26.3 Å². The van der Waals surface area contributed by atoms with Crippen molar-refractivity contribution in [3.05, 3.63) is 28.8 Å². The first-order valence-corrected chi connectivity index (χ1v) is 7.83. The maximum atomic E-state index is 12.3. The van der Waals surface area contributed by atoms with Crippen molar-refractivity contribution in [1.29, 1.82) is 0 Å². The molecule has 7 heteroatoms. The number of rotatable bonds is 6. The molecule has 0 unspecified atom stereocenters. The number of hydrogen-bond acceptors (Lipinski definition) is 4. The van der Waals surface area contributed by atoms with Crippen molar-refractivity contribution in [2.75, 3.05) is 24.8 Å². The molecule has 0 spiro atoms. The summed E-state index contributed by atoms with van der Waals surface area (Å²) < 4.78 is 5.49. The number of amides is 2. The first-order chi connectivity index (χ1) is 11.1. The van der Waals surface area contributed by atoms with Crippen LogP contribution in [0.25, 0.3) is 0 Å². The molecule has 0 bridgehead atoms. The largest absolute Gasteiger partial charge is 0.464 e. The van der Waals surface area contributed by atoms with E-state index in [-0.39, 0.29) is 5.91 Å². The average Bonchev–Trinajstić information content (AvgIpc) is 3.23. The van der Waals surface area contributed by atoms with Gasteiger partial charge in [0, 0.05) is 25.3 Å². The maximum Gasteiger partial charge on any atom is 0.426 e. The Morgan fingerprint density at radius 3 is 2.91 bits per heavy atom.